The summed E-state index contributed by atoms with van der Waals surface area (Å²) in [5, 5.41) is 10.7. The number of hydrogen-bond donors (Lipinski definition) is 0. The van der Waals surface area contributed by atoms with E-state index in [2.05, 4.69) is 29.7 Å². The highest BCUT2D eigenvalue weighted by atomic mass is 35.5. The number of nitrogens with zero attached hydrogens (tertiary/aromatic N) is 3. The van der Waals surface area contributed by atoms with Crippen molar-refractivity contribution in [3.05, 3.63) is 33.8 Å². The molecule has 0 amide bonds. The van der Waals surface area contributed by atoms with Gasteiger partial charge >= 0.3 is 0 Å². The summed E-state index contributed by atoms with van der Waals surface area (Å²) in [6.45, 7) is 8.15. The first-order chi connectivity index (χ1) is 9.58. The normalized spacial score (nSPS) is 22.4. The van der Waals surface area contributed by atoms with Gasteiger partial charge in [0.05, 0.1) is 6.07 Å². The SMILES string of the molecule is CCN1CCN(C(C#N)c2c(Cl)cccc2Cl)C(C)C1. The van der Waals surface area contributed by atoms with Crippen molar-refractivity contribution < 1.29 is 0 Å². The number of rotatable bonds is 3. The summed E-state index contributed by atoms with van der Waals surface area (Å²) in [4.78, 5) is 4.59. The van der Waals surface area contributed by atoms with E-state index in [1.165, 1.54) is 0 Å². The van der Waals surface area contributed by atoms with Crippen LogP contribution in [0.4, 0.5) is 0 Å². The van der Waals surface area contributed by atoms with Gasteiger partial charge in [0.15, 0.2) is 0 Å². The van der Waals surface area contributed by atoms with Crippen molar-refractivity contribution in [3.63, 3.8) is 0 Å². The highest BCUT2D eigenvalue weighted by Gasteiger charge is 2.31. The van der Waals surface area contributed by atoms with Crippen LogP contribution in [-0.2, 0) is 0 Å². The van der Waals surface area contributed by atoms with Crippen molar-refractivity contribution in [2.75, 3.05) is 26.2 Å². The smallest absolute Gasteiger partial charge is 0.127 e. The Hall–Kier alpha value is -0.790. The van der Waals surface area contributed by atoms with E-state index in [0.717, 1.165) is 31.7 Å². The first-order valence-electron chi connectivity index (χ1n) is 6.90. The van der Waals surface area contributed by atoms with Crippen LogP contribution in [0, 0.1) is 11.3 Å². The van der Waals surface area contributed by atoms with Gasteiger partial charge in [0, 0.05) is 41.3 Å². The van der Waals surface area contributed by atoms with Crippen LogP contribution in [-0.4, -0.2) is 42.0 Å². The molecular formula is C15H19Cl2N3. The zero-order valence-corrected chi connectivity index (χ0v) is 13.3. The second-order valence-electron chi connectivity index (χ2n) is 5.15. The third-order valence-electron chi connectivity index (χ3n) is 3.94. The van der Waals surface area contributed by atoms with Crippen LogP contribution in [0.1, 0.15) is 25.5 Å². The Morgan fingerprint density at radius 2 is 2.00 bits per heavy atom. The molecule has 1 fully saturated rings. The molecule has 2 atom stereocenters. The highest BCUT2D eigenvalue weighted by Crippen LogP contribution is 2.35. The molecule has 1 aromatic carbocycles. The van der Waals surface area contributed by atoms with Gasteiger partial charge in [-0.05, 0) is 25.6 Å². The molecule has 108 valence electrons. The highest BCUT2D eigenvalue weighted by molar-refractivity contribution is 6.36. The standard InChI is InChI=1S/C15H19Cl2N3/c1-3-19-7-8-20(11(2)10-19)14(9-18)15-12(16)5-4-6-13(15)17/h4-6,11,14H,3,7-8,10H2,1-2H3. The fourth-order valence-electron chi connectivity index (χ4n) is 2.79. The summed E-state index contributed by atoms with van der Waals surface area (Å²) < 4.78 is 0. The molecule has 0 radical (unpaired) electrons. The molecule has 1 heterocycles. The molecule has 2 rings (SSSR count). The first kappa shape index (κ1) is 15.6. The zero-order chi connectivity index (χ0) is 14.7. The zero-order valence-electron chi connectivity index (χ0n) is 11.8. The van der Waals surface area contributed by atoms with Crippen molar-refractivity contribution >= 4 is 23.2 Å². The van der Waals surface area contributed by atoms with Gasteiger partial charge in [-0.3, -0.25) is 4.90 Å². The van der Waals surface area contributed by atoms with Crippen LogP contribution in [0.2, 0.25) is 10.0 Å². The Balaban J connectivity index is 2.28. The Labute approximate surface area is 130 Å². The topological polar surface area (TPSA) is 30.3 Å². The average Bonchev–Trinajstić information content (AvgIpc) is 2.43. The summed E-state index contributed by atoms with van der Waals surface area (Å²) in [7, 11) is 0. The van der Waals surface area contributed by atoms with Gasteiger partial charge in [-0.15, -0.1) is 0 Å². The molecule has 2 unspecified atom stereocenters. The van der Waals surface area contributed by atoms with Gasteiger partial charge in [-0.2, -0.15) is 5.26 Å². The Bertz CT molecular complexity index is 492. The van der Waals surface area contributed by atoms with Gasteiger partial charge in [-0.25, -0.2) is 0 Å². The van der Waals surface area contributed by atoms with Crippen LogP contribution in [0.25, 0.3) is 0 Å². The lowest BCUT2D eigenvalue weighted by Gasteiger charge is -2.41. The molecule has 0 saturated carbocycles. The number of benzene rings is 1. The lowest BCUT2D eigenvalue weighted by atomic mass is 10.0. The molecule has 0 spiro atoms. The minimum absolute atomic E-state index is 0.306. The maximum Gasteiger partial charge on any atom is 0.127 e. The van der Waals surface area contributed by atoms with E-state index in [1.807, 2.05) is 0 Å². The second-order valence-corrected chi connectivity index (χ2v) is 5.96. The summed E-state index contributed by atoms with van der Waals surface area (Å²) >= 11 is 12.5. The monoisotopic (exact) mass is 311 g/mol. The fourth-order valence-corrected chi connectivity index (χ4v) is 3.40. The maximum atomic E-state index is 9.60. The maximum absolute atomic E-state index is 9.60. The predicted molar refractivity (Wildman–Crippen MR) is 83.1 cm³/mol. The number of piperazine rings is 1. The summed E-state index contributed by atoms with van der Waals surface area (Å²) in [6, 6.07) is 7.68. The summed E-state index contributed by atoms with van der Waals surface area (Å²) in [6.07, 6.45) is 0. The Kier molecular flexibility index (Phi) is 5.29. The van der Waals surface area contributed by atoms with Crippen LogP contribution in [0.15, 0.2) is 18.2 Å². The third kappa shape index (κ3) is 3.10. The molecule has 5 heteroatoms. The quantitative estimate of drug-likeness (QED) is 0.854. The summed E-state index contributed by atoms with van der Waals surface area (Å²) in [5.74, 6) is 0. The van der Waals surface area contributed by atoms with Crippen LogP contribution >= 0.6 is 23.2 Å². The Morgan fingerprint density at radius 1 is 1.35 bits per heavy atom. The van der Waals surface area contributed by atoms with Crippen LogP contribution < -0.4 is 0 Å². The minimum Gasteiger partial charge on any atom is -0.301 e. The van der Waals surface area contributed by atoms with Gasteiger partial charge in [-0.1, -0.05) is 36.2 Å². The van der Waals surface area contributed by atoms with E-state index in [-0.39, 0.29) is 6.04 Å². The summed E-state index contributed by atoms with van der Waals surface area (Å²) in [5.41, 5.74) is 0.732. The van der Waals surface area contributed by atoms with E-state index < -0.39 is 0 Å². The largest absolute Gasteiger partial charge is 0.301 e. The van der Waals surface area contributed by atoms with Gasteiger partial charge in [0.25, 0.3) is 0 Å². The molecule has 1 aliphatic rings. The van der Waals surface area contributed by atoms with Crippen molar-refractivity contribution in [3.8, 4) is 6.07 Å². The molecule has 1 aliphatic heterocycles. The fraction of sp³-hybridized carbons (Fsp3) is 0.533. The Morgan fingerprint density at radius 3 is 2.50 bits per heavy atom. The van der Waals surface area contributed by atoms with E-state index >= 15 is 0 Å². The minimum atomic E-state index is -0.384. The van der Waals surface area contributed by atoms with E-state index in [4.69, 9.17) is 23.2 Å². The first-order valence-corrected chi connectivity index (χ1v) is 7.65. The molecule has 0 aromatic heterocycles. The van der Waals surface area contributed by atoms with Gasteiger partial charge in [0.2, 0.25) is 0 Å². The average molecular weight is 312 g/mol. The van der Waals surface area contributed by atoms with Crippen molar-refractivity contribution in [2.45, 2.75) is 25.9 Å². The predicted octanol–water partition coefficient (Wildman–Crippen LogP) is 3.58. The molecule has 0 aliphatic carbocycles. The lowest BCUT2D eigenvalue weighted by molar-refractivity contribution is 0.0684. The van der Waals surface area contributed by atoms with Gasteiger partial charge in [0.1, 0.15) is 6.04 Å². The van der Waals surface area contributed by atoms with Gasteiger partial charge < -0.3 is 4.90 Å². The molecular weight excluding hydrogens is 293 g/mol. The third-order valence-corrected chi connectivity index (χ3v) is 4.60. The molecule has 1 saturated heterocycles. The van der Waals surface area contributed by atoms with Crippen LogP contribution in [0.5, 0.6) is 0 Å². The number of hydrogen-bond acceptors (Lipinski definition) is 3. The molecule has 0 N–H and O–H groups in total. The number of likely N-dealkylation sites (N-methyl/N-ethyl adjacent to an activating group) is 1. The van der Waals surface area contributed by atoms with E-state index in [9.17, 15) is 5.26 Å². The van der Waals surface area contributed by atoms with Crippen molar-refractivity contribution in [1.29, 1.82) is 5.26 Å². The number of nitriles is 1. The lowest BCUT2D eigenvalue weighted by Crippen LogP contribution is -2.52. The number of halogens is 2. The molecule has 1 aromatic rings. The molecule has 20 heavy (non-hydrogen) atoms. The van der Waals surface area contributed by atoms with E-state index in [1.54, 1.807) is 18.2 Å². The van der Waals surface area contributed by atoms with Crippen molar-refractivity contribution in [1.82, 2.24) is 9.80 Å². The molecule has 0 bridgehead atoms. The van der Waals surface area contributed by atoms with Crippen molar-refractivity contribution in [2.24, 2.45) is 0 Å². The van der Waals surface area contributed by atoms with E-state index in [0.29, 0.717) is 16.1 Å². The molecule has 3 nitrogen and oxygen atoms in total. The van der Waals surface area contributed by atoms with Crippen LogP contribution in [0.3, 0.4) is 0 Å². The second kappa shape index (κ2) is 6.78.